The summed E-state index contributed by atoms with van der Waals surface area (Å²) in [5, 5.41) is 4.40. The molecular weight excluding hydrogens is 342 g/mol. The molecule has 1 amide bonds. The molecule has 0 spiro atoms. The third-order valence-electron chi connectivity index (χ3n) is 5.60. The lowest BCUT2D eigenvalue weighted by atomic mass is 9.85. The molecule has 1 aliphatic carbocycles. The number of hydrogen-bond acceptors (Lipinski definition) is 4. The van der Waals surface area contributed by atoms with Crippen molar-refractivity contribution in [3.8, 4) is 11.4 Å². The second-order valence-corrected chi connectivity index (χ2v) is 7.49. The van der Waals surface area contributed by atoms with E-state index in [1.54, 1.807) is 24.2 Å². The molecule has 2 aliphatic rings. The number of carbonyl (C=O) groups excluding carboxylic acids is 1. The summed E-state index contributed by atoms with van der Waals surface area (Å²) < 4.78 is 12.9. The summed E-state index contributed by atoms with van der Waals surface area (Å²) in [5.41, 5.74) is 1.43. The molecule has 2 aromatic rings. The van der Waals surface area contributed by atoms with Gasteiger partial charge in [-0.3, -0.25) is 4.79 Å². The minimum atomic E-state index is 0.0403. The van der Waals surface area contributed by atoms with E-state index in [-0.39, 0.29) is 12.0 Å². The quantitative estimate of drug-likeness (QED) is 0.751. The standard InChI is InChI=1S/C21H27N3O3/c1-26-20-10-3-2-9-19(20)24-14-17(12-22-24)21(25)23(13-16-6-4-7-16)15-18-8-5-11-27-18/h2-3,9-10,12,14,16,18H,4-8,11,13,15H2,1H3/t18-/m1/s1. The van der Waals surface area contributed by atoms with Crippen molar-refractivity contribution in [3.63, 3.8) is 0 Å². The van der Waals surface area contributed by atoms with Crippen LogP contribution in [0.25, 0.3) is 5.69 Å². The van der Waals surface area contributed by atoms with Crippen LogP contribution in [0.4, 0.5) is 0 Å². The normalized spacial score (nSPS) is 19.7. The Balaban J connectivity index is 1.52. The maximum atomic E-state index is 13.2. The predicted octanol–water partition coefficient (Wildman–Crippen LogP) is 3.30. The highest BCUT2D eigenvalue weighted by atomic mass is 16.5. The van der Waals surface area contributed by atoms with Crippen molar-refractivity contribution in [3.05, 3.63) is 42.2 Å². The number of ether oxygens (including phenoxy) is 2. The minimum Gasteiger partial charge on any atom is -0.494 e. The summed E-state index contributed by atoms with van der Waals surface area (Å²) in [6.07, 6.45) is 9.45. The number of para-hydroxylation sites is 2. The van der Waals surface area contributed by atoms with E-state index in [0.717, 1.165) is 37.4 Å². The van der Waals surface area contributed by atoms with Crippen molar-refractivity contribution in [1.82, 2.24) is 14.7 Å². The van der Waals surface area contributed by atoms with Gasteiger partial charge in [-0.15, -0.1) is 0 Å². The van der Waals surface area contributed by atoms with E-state index in [0.29, 0.717) is 18.0 Å². The zero-order valence-corrected chi connectivity index (χ0v) is 15.8. The van der Waals surface area contributed by atoms with E-state index in [1.165, 1.54) is 19.3 Å². The Labute approximate surface area is 160 Å². The zero-order chi connectivity index (χ0) is 18.6. The van der Waals surface area contributed by atoms with Crippen molar-refractivity contribution in [2.75, 3.05) is 26.8 Å². The van der Waals surface area contributed by atoms with E-state index in [9.17, 15) is 4.79 Å². The molecule has 0 unspecified atom stereocenters. The molecule has 1 saturated heterocycles. The van der Waals surface area contributed by atoms with Gasteiger partial charge in [0.25, 0.3) is 5.91 Å². The Hall–Kier alpha value is -2.34. The molecule has 0 N–H and O–H groups in total. The maximum absolute atomic E-state index is 13.2. The predicted molar refractivity (Wildman–Crippen MR) is 102 cm³/mol. The number of carbonyl (C=O) groups is 1. The number of methoxy groups -OCH3 is 1. The van der Waals surface area contributed by atoms with Crippen LogP contribution in [0.5, 0.6) is 5.75 Å². The Morgan fingerprint density at radius 1 is 1.26 bits per heavy atom. The largest absolute Gasteiger partial charge is 0.494 e. The Kier molecular flexibility index (Phi) is 5.43. The summed E-state index contributed by atoms with van der Waals surface area (Å²) in [7, 11) is 1.64. The number of aromatic nitrogens is 2. The van der Waals surface area contributed by atoms with Crippen molar-refractivity contribution in [2.24, 2.45) is 5.92 Å². The second-order valence-electron chi connectivity index (χ2n) is 7.49. The van der Waals surface area contributed by atoms with Gasteiger partial charge in [-0.25, -0.2) is 4.68 Å². The number of nitrogens with zero attached hydrogens (tertiary/aromatic N) is 3. The number of benzene rings is 1. The fraction of sp³-hybridized carbons (Fsp3) is 0.524. The van der Waals surface area contributed by atoms with Crippen LogP contribution >= 0.6 is 0 Å². The summed E-state index contributed by atoms with van der Waals surface area (Å²) in [4.78, 5) is 15.2. The molecular formula is C21H27N3O3. The van der Waals surface area contributed by atoms with Crippen LogP contribution in [0.1, 0.15) is 42.5 Å². The molecule has 27 heavy (non-hydrogen) atoms. The molecule has 6 nitrogen and oxygen atoms in total. The fourth-order valence-electron chi connectivity index (χ4n) is 3.83. The molecule has 1 atom stereocenters. The summed E-state index contributed by atoms with van der Waals surface area (Å²) in [6.45, 7) is 2.30. The van der Waals surface area contributed by atoms with Crippen LogP contribution in [0, 0.1) is 5.92 Å². The van der Waals surface area contributed by atoms with Gasteiger partial charge in [0.05, 0.1) is 25.0 Å². The topological polar surface area (TPSA) is 56.6 Å². The van der Waals surface area contributed by atoms with Gasteiger partial charge in [0.1, 0.15) is 11.4 Å². The molecule has 6 heteroatoms. The number of hydrogen-bond donors (Lipinski definition) is 0. The average Bonchev–Trinajstić information content (AvgIpc) is 3.35. The summed E-state index contributed by atoms with van der Waals surface area (Å²) >= 11 is 0. The van der Waals surface area contributed by atoms with E-state index >= 15 is 0 Å². The van der Waals surface area contributed by atoms with Gasteiger partial charge in [0.15, 0.2) is 0 Å². The maximum Gasteiger partial charge on any atom is 0.257 e. The van der Waals surface area contributed by atoms with E-state index in [2.05, 4.69) is 5.10 Å². The van der Waals surface area contributed by atoms with E-state index in [4.69, 9.17) is 9.47 Å². The molecule has 1 aromatic heterocycles. The lowest BCUT2D eigenvalue weighted by Crippen LogP contribution is -2.41. The second kappa shape index (κ2) is 8.13. The van der Waals surface area contributed by atoms with E-state index < -0.39 is 0 Å². The molecule has 1 saturated carbocycles. The van der Waals surface area contributed by atoms with Gasteiger partial charge in [0, 0.05) is 25.9 Å². The van der Waals surface area contributed by atoms with Crippen LogP contribution < -0.4 is 4.74 Å². The monoisotopic (exact) mass is 369 g/mol. The highest BCUT2D eigenvalue weighted by molar-refractivity contribution is 5.94. The summed E-state index contributed by atoms with van der Waals surface area (Å²) in [5.74, 6) is 1.39. The van der Waals surface area contributed by atoms with Crippen LogP contribution in [0.2, 0.25) is 0 Å². The molecule has 0 radical (unpaired) electrons. The first-order valence-corrected chi connectivity index (χ1v) is 9.83. The van der Waals surface area contributed by atoms with Crippen LogP contribution in [0.3, 0.4) is 0 Å². The summed E-state index contributed by atoms with van der Waals surface area (Å²) in [6, 6.07) is 7.67. The van der Waals surface area contributed by atoms with Gasteiger partial charge < -0.3 is 14.4 Å². The molecule has 2 fully saturated rings. The Morgan fingerprint density at radius 2 is 2.11 bits per heavy atom. The molecule has 4 rings (SSSR count). The first-order valence-electron chi connectivity index (χ1n) is 9.83. The van der Waals surface area contributed by atoms with Crippen molar-refractivity contribution >= 4 is 5.91 Å². The lowest BCUT2D eigenvalue weighted by molar-refractivity contribution is 0.0448. The van der Waals surface area contributed by atoms with Gasteiger partial charge in [-0.2, -0.15) is 5.10 Å². The number of rotatable bonds is 7. The van der Waals surface area contributed by atoms with Crippen molar-refractivity contribution in [1.29, 1.82) is 0 Å². The minimum absolute atomic E-state index is 0.0403. The fourth-order valence-corrected chi connectivity index (χ4v) is 3.83. The van der Waals surface area contributed by atoms with Crippen LogP contribution in [-0.2, 0) is 4.74 Å². The smallest absolute Gasteiger partial charge is 0.257 e. The average molecular weight is 369 g/mol. The van der Waals surface area contributed by atoms with Gasteiger partial charge in [0.2, 0.25) is 0 Å². The van der Waals surface area contributed by atoms with Crippen LogP contribution in [0.15, 0.2) is 36.7 Å². The third kappa shape index (κ3) is 4.00. The third-order valence-corrected chi connectivity index (χ3v) is 5.60. The Morgan fingerprint density at radius 3 is 2.81 bits per heavy atom. The molecule has 1 aliphatic heterocycles. The van der Waals surface area contributed by atoms with E-state index in [1.807, 2.05) is 29.2 Å². The molecule has 0 bridgehead atoms. The molecule has 144 valence electrons. The highest BCUT2D eigenvalue weighted by Crippen LogP contribution is 2.28. The van der Waals surface area contributed by atoms with Crippen LogP contribution in [-0.4, -0.2) is 53.5 Å². The molecule has 2 heterocycles. The first-order chi connectivity index (χ1) is 13.2. The first kappa shape index (κ1) is 18.0. The highest BCUT2D eigenvalue weighted by Gasteiger charge is 2.28. The Bertz CT molecular complexity index is 778. The van der Waals surface area contributed by atoms with Crippen molar-refractivity contribution in [2.45, 2.75) is 38.2 Å². The van der Waals surface area contributed by atoms with Crippen molar-refractivity contribution < 1.29 is 14.3 Å². The zero-order valence-electron chi connectivity index (χ0n) is 15.8. The van der Waals surface area contributed by atoms with Gasteiger partial charge in [-0.1, -0.05) is 18.6 Å². The molecule has 1 aromatic carbocycles. The SMILES string of the molecule is COc1ccccc1-n1cc(C(=O)N(CC2CCC2)C[C@H]2CCCO2)cn1. The van der Waals surface area contributed by atoms with Gasteiger partial charge >= 0.3 is 0 Å². The van der Waals surface area contributed by atoms with Gasteiger partial charge in [-0.05, 0) is 43.7 Å². The lowest BCUT2D eigenvalue weighted by Gasteiger charge is -2.33. The number of amides is 1.